The van der Waals surface area contributed by atoms with Crippen LogP contribution < -0.4 is 25.0 Å². The van der Waals surface area contributed by atoms with Gasteiger partial charge in [-0.05, 0) is 62.9 Å². The summed E-state index contributed by atoms with van der Waals surface area (Å²) >= 11 is 0. The summed E-state index contributed by atoms with van der Waals surface area (Å²) in [5, 5.41) is 5.73. The van der Waals surface area contributed by atoms with Gasteiger partial charge in [-0.3, -0.25) is 23.5 Å². The highest BCUT2D eigenvalue weighted by molar-refractivity contribution is 7.86. The molecule has 0 spiro atoms. The van der Waals surface area contributed by atoms with Crippen LogP contribution >= 0.6 is 0 Å². The van der Waals surface area contributed by atoms with E-state index in [0.29, 0.717) is 22.9 Å². The monoisotopic (exact) mass is 527 g/mol. The smallest absolute Gasteiger partial charge is 0.243 e. The summed E-state index contributed by atoms with van der Waals surface area (Å²) in [6, 6.07) is 9.95. The van der Waals surface area contributed by atoms with Gasteiger partial charge in [0.25, 0.3) is 0 Å². The Labute approximate surface area is 219 Å². The molecule has 1 saturated carbocycles. The third kappa shape index (κ3) is 6.68. The highest BCUT2D eigenvalue weighted by Crippen LogP contribution is 2.34. The maximum Gasteiger partial charge on any atom is 0.243 e. The molecule has 0 unspecified atom stereocenters. The van der Waals surface area contributed by atoms with Crippen LogP contribution in [0.25, 0.3) is 0 Å². The third-order valence-electron chi connectivity index (χ3n) is 6.59. The Morgan fingerprint density at radius 2 is 1.76 bits per heavy atom. The molecular weight excluding hydrogens is 494 g/mol. The predicted octanol–water partition coefficient (Wildman–Crippen LogP) is 3.20. The molecule has 1 heterocycles. The first kappa shape index (κ1) is 26.7. The second-order valence-electron chi connectivity index (χ2n) is 9.56. The molecule has 37 heavy (non-hydrogen) atoms. The van der Waals surface area contributed by atoms with Crippen LogP contribution in [0.3, 0.4) is 0 Å². The standard InChI is InChI=1S/C27H33N3O6S/c1-17-8-9-18(2)22(12-17)30(19(3)27(33)29-20-6-4-5-7-20)26(32)15-37(34)14-25(31)28-21-10-11-23-24(13-21)36-16-35-23/h8-13,19-20H,4-7,14-16H2,1-3H3,(H,28,31)(H,29,33)/t19-,37+/m1/s1. The Hall–Kier alpha value is -3.40. The average Bonchev–Trinajstić information content (AvgIpc) is 3.52. The molecule has 0 bridgehead atoms. The molecule has 1 aliphatic heterocycles. The van der Waals surface area contributed by atoms with Crippen molar-refractivity contribution in [2.45, 2.75) is 58.5 Å². The molecule has 3 amide bonds. The number of aryl methyl sites for hydroxylation is 2. The molecule has 0 aromatic heterocycles. The molecule has 9 nitrogen and oxygen atoms in total. The maximum absolute atomic E-state index is 13.5. The summed E-state index contributed by atoms with van der Waals surface area (Å²) < 4.78 is 23.4. The lowest BCUT2D eigenvalue weighted by Gasteiger charge is -2.31. The summed E-state index contributed by atoms with van der Waals surface area (Å²) in [4.78, 5) is 40.5. The number of amides is 3. The van der Waals surface area contributed by atoms with Gasteiger partial charge in [0.2, 0.25) is 24.5 Å². The van der Waals surface area contributed by atoms with Crippen molar-refractivity contribution in [1.29, 1.82) is 0 Å². The minimum atomic E-state index is -1.78. The Kier molecular flexibility index (Phi) is 8.48. The maximum atomic E-state index is 13.5. The second-order valence-corrected chi connectivity index (χ2v) is 11.0. The van der Waals surface area contributed by atoms with E-state index in [1.165, 1.54) is 4.90 Å². The number of anilines is 2. The normalized spacial score (nSPS) is 16.2. The van der Waals surface area contributed by atoms with Crippen LogP contribution in [0, 0.1) is 13.8 Å². The van der Waals surface area contributed by atoms with Crippen molar-refractivity contribution in [3.8, 4) is 11.5 Å². The van der Waals surface area contributed by atoms with E-state index in [2.05, 4.69) is 10.6 Å². The number of fused-ring (bicyclic) bond motifs is 1. The Morgan fingerprint density at radius 3 is 2.51 bits per heavy atom. The third-order valence-corrected chi connectivity index (χ3v) is 7.75. The number of hydrogen-bond acceptors (Lipinski definition) is 6. The van der Waals surface area contributed by atoms with Crippen molar-refractivity contribution < 1.29 is 28.1 Å². The molecule has 4 rings (SSSR count). The fourth-order valence-corrected chi connectivity index (χ4v) is 5.50. The number of nitrogens with one attached hydrogen (secondary N) is 2. The van der Waals surface area contributed by atoms with E-state index >= 15 is 0 Å². The van der Waals surface area contributed by atoms with Gasteiger partial charge in [-0.1, -0.05) is 25.0 Å². The van der Waals surface area contributed by atoms with Gasteiger partial charge in [0.15, 0.2) is 11.5 Å². The van der Waals surface area contributed by atoms with E-state index in [-0.39, 0.29) is 30.2 Å². The van der Waals surface area contributed by atoms with E-state index in [4.69, 9.17) is 9.47 Å². The van der Waals surface area contributed by atoms with Crippen LogP contribution in [-0.4, -0.2) is 52.3 Å². The molecular formula is C27H33N3O6S. The molecule has 10 heteroatoms. The van der Waals surface area contributed by atoms with Crippen molar-refractivity contribution >= 4 is 39.9 Å². The lowest BCUT2D eigenvalue weighted by atomic mass is 10.1. The molecule has 2 aromatic rings. The molecule has 2 atom stereocenters. The first-order chi connectivity index (χ1) is 17.7. The van der Waals surface area contributed by atoms with Gasteiger partial charge in [-0.25, -0.2) is 0 Å². The predicted molar refractivity (Wildman–Crippen MR) is 142 cm³/mol. The van der Waals surface area contributed by atoms with E-state index in [0.717, 1.165) is 36.8 Å². The van der Waals surface area contributed by atoms with E-state index in [9.17, 15) is 18.6 Å². The number of rotatable bonds is 9. The fourth-order valence-electron chi connectivity index (χ4n) is 4.62. The van der Waals surface area contributed by atoms with E-state index in [1.807, 2.05) is 32.0 Å². The Morgan fingerprint density at radius 1 is 1.03 bits per heavy atom. The highest BCUT2D eigenvalue weighted by Gasteiger charge is 2.31. The Bertz CT molecular complexity index is 1210. The quantitative estimate of drug-likeness (QED) is 0.518. The van der Waals surface area contributed by atoms with Crippen LogP contribution in [0.2, 0.25) is 0 Å². The summed E-state index contributed by atoms with van der Waals surface area (Å²) in [5.74, 6) is -0.848. The molecule has 0 saturated heterocycles. The highest BCUT2D eigenvalue weighted by atomic mass is 32.2. The van der Waals surface area contributed by atoms with Crippen LogP contribution in [0.5, 0.6) is 11.5 Å². The lowest BCUT2D eigenvalue weighted by molar-refractivity contribution is -0.125. The number of carbonyl (C=O) groups excluding carboxylic acids is 3. The summed E-state index contributed by atoms with van der Waals surface area (Å²) in [6.07, 6.45) is 4.01. The topological polar surface area (TPSA) is 114 Å². The average molecular weight is 528 g/mol. The van der Waals surface area contributed by atoms with Gasteiger partial charge in [-0.2, -0.15) is 0 Å². The zero-order valence-electron chi connectivity index (χ0n) is 21.4. The number of nitrogens with zero attached hydrogens (tertiary/aromatic N) is 1. The van der Waals surface area contributed by atoms with Crippen molar-refractivity contribution in [2.75, 3.05) is 28.5 Å². The van der Waals surface area contributed by atoms with Gasteiger partial charge in [0.05, 0.1) is 0 Å². The molecule has 198 valence electrons. The van der Waals surface area contributed by atoms with Crippen LogP contribution in [0.1, 0.15) is 43.7 Å². The van der Waals surface area contributed by atoms with Crippen molar-refractivity contribution in [3.05, 3.63) is 47.5 Å². The molecule has 2 aromatic carbocycles. The Balaban J connectivity index is 1.43. The molecule has 0 radical (unpaired) electrons. The van der Waals surface area contributed by atoms with Gasteiger partial charge < -0.3 is 20.1 Å². The largest absolute Gasteiger partial charge is 0.454 e. The zero-order valence-corrected chi connectivity index (χ0v) is 22.2. The van der Waals surface area contributed by atoms with Crippen LogP contribution in [-0.2, 0) is 25.2 Å². The minimum absolute atomic E-state index is 0.111. The van der Waals surface area contributed by atoms with E-state index in [1.54, 1.807) is 25.1 Å². The second kappa shape index (κ2) is 11.8. The van der Waals surface area contributed by atoms with Gasteiger partial charge in [0.1, 0.15) is 17.5 Å². The number of ether oxygens (including phenoxy) is 2. The van der Waals surface area contributed by atoms with Gasteiger partial charge in [0, 0.05) is 34.3 Å². The molecule has 2 N–H and O–H groups in total. The molecule has 2 aliphatic rings. The fraction of sp³-hybridized carbons (Fsp3) is 0.444. The summed E-state index contributed by atoms with van der Waals surface area (Å²) in [5.41, 5.74) is 2.84. The van der Waals surface area contributed by atoms with Gasteiger partial charge in [-0.15, -0.1) is 0 Å². The minimum Gasteiger partial charge on any atom is -0.454 e. The first-order valence-electron chi connectivity index (χ1n) is 12.5. The number of carbonyl (C=O) groups is 3. The van der Waals surface area contributed by atoms with E-state index < -0.39 is 28.7 Å². The lowest BCUT2D eigenvalue weighted by Crippen LogP contribution is -2.51. The van der Waals surface area contributed by atoms with Crippen LogP contribution in [0.15, 0.2) is 36.4 Å². The molecule has 1 aliphatic carbocycles. The van der Waals surface area contributed by atoms with Crippen molar-refractivity contribution in [3.63, 3.8) is 0 Å². The van der Waals surface area contributed by atoms with Gasteiger partial charge >= 0.3 is 0 Å². The number of benzene rings is 2. The zero-order chi connectivity index (χ0) is 26.5. The molecule has 1 fully saturated rings. The number of hydrogen-bond donors (Lipinski definition) is 2. The van der Waals surface area contributed by atoms with Crippen molar-refractivity contribution in [1.82, 2.24) is 5.32 Å². The van der Waals surface area contributed by atoms with Crippen molar-refractivity contribution in [2.24, 2.45) is 0 Å². The first-order valence-corrected chi connectivity index (χ1v) is 13.9. The summed E-state index contributed by atoms with van der Waals surface area (Å²) in [6.45, 7) is 5.58. The van der Waals surface area contributed by atoms with Crippen LogP contribution in [0.4, 0.5) is 11.4 Å². The summed E-state index contributed by atoms with van der Waals surface area (Å²) in [7, 11) is -1.78. The SMILES string of the molecule is Cc1ccc(C)c(N(C(=O)C[S@@](=O)CC(=O)Nc2ccc3c(c2)OCO3)[C@H](C)C(=O)NC2CCCC2)c1.